The second-order valence-electron chi connectivity index (χ2n) is 8.03. The van der Waals surface area contributed by atoms with Crippen LogP contribution in [0.3, 0.4) is 0 Å². The van der Waals surface area contributed by atoms with Crippen LogP contribution < -0.4 is 18.5 Å². The molecule has 0 spiro atoms. The molecule has 198 valence electrons. The van der Waals surface area contributed by atoms with Gasteiger partial charge in [-0.3, -0.25) is 9.10 Å². The first-order chi connectivity index (χ1) is 17.7. The van der Waals surface area contributed by atoms with Gasteiger partial charge in [0.1, 0.15) is 12.3 Å². The number of methoxy groups -OCH3 is 2. The molecule has 3 aromatic carbocycles. The summed E-state index contributed by atoms with van der Waals surface area (Å²) in [6.07, 6.45) is 1.92. The molecule has 0 fully saturated rings. The summed E-state index contributed by atoms with van der Waals surface area (Å²) in [5.74, 6) is 1.12. The van der Waals surface area contributed by atoms with Crippen LogP contribution in [-0.4, -0.2) is 59.9 Å². The van der Waals surface area contributed by atoms with Crippen LogP contribution in [0.15, 0.2) is 76.5 Å². The molecule has 0 aromatic heterocycles. The van der Waals surface area contributed by atoms with E-state index in [1.165, 1.54) is 16.7 Å². The fourth-order valence-electron chi connectivity index (χ4n) is 3.70. The molecule has 10 heteroatoms. The third-order valence-corrected chi connectivity index (χ3v) is 8.17. The van der Waals surface area contributed by atoms with Crippen molar-refractivity contribution >= 4 is 33.4 Å². The normalized spacial score (nSPS) is 11.1. The molecule has 0 aliphatic heterocycles. The molecule has 0 unspecified atom stereocenters. The van der Waals surface area contributed by atoms with Gasteiger partial charge in [0.25, 0.3) is 10.0 Å². The summed E-state index contributed by atoms with van der Waals surface area (Å²) in [7, 11) is 0.644. The summed E-state index contributed by atoms with van der Waals surface area (Å²) in [5, 5.41) is 0. The van der Waals surface area contributed by atoms with Gasteiger partial charge < -0.3 is 19.1 Å². The maximum atomic E-state index is 13.8. The van der Waals surface area contributed by atoms with Crippen molar-refractivity contribution in [3.05, 3.63) is 72.3 Å². The highest BCUT2D eigenvalue weighted by Crippen LogP contribution is 2.33. The quantitative estimate of drug-likeness (QED) is 0.306. The van der Waals surface area contributed by atoms with Crippen molar-refractivity contribution in [1.82, 2.24) is 4.90 Å². The Bertz CT molecular complexity index is 1310. The second-order valence-corrected chi connectivity index (χ2v) is 10.8. The van der Waals surface area contributed by atoms with Crippen molar-refractivity contribution < 1.29 is 27.4 Å². The summed E-state index contributed by atoms with van der Waals surface area (Å²) >= 11 is 1.52. The van der Waals surface area contributed by atoms with Crippen LogP contribution in [0.1, 0.15) is 12.5 Å². The first kappa shape index (κ1) is 28.2. The van der Waals surface area contributed by atoms with Gasteiger partial charge in [0, 0.05) is 18.5 Å². The van der Waals surface area contributed by atoms with Crippen LogP contribution in [0.2, 0.25) is 0 Å². The topological polar surface area (TPSA) is 85.4 Å². The zero-order valence-corrected chi connectivity index (χ0v) is 23.3. The molecule has 0 heterocycles. The number of hydrogen-bond acceptors (Lipinski definition) is 7. The van der Waals surface area contributed by atoms with Gasteiger partial charge in [-0.25, -0.2) is 8.42 Å². The minimum absolute atomic E-state index is 0.0898. The van der Waals surface area contributed by atoms with E-state index in [0.29, 0.717) is 29.5 Å². The Hall–Kier alpha value is -3.37. The lowest BCUT2D eigenvalue weighted by Gasteiger charge is -2.28. The summed E-state index contributed by atoms with van der Waals surface area (Å²) in [5.41, 5.74) is 1.11. The number of benzene rings is 3. The van der Waals surface area contributed by atoms with Crippen LogP contribution in [0.5, 0.6) is 17.2 Å². The van der Waals surface area contributed by atoms with E-state index in [9.17, 15) is 13.2 Å². The average molecular weight is 545 g/mol. The van der Waals surface area contributed by atoms with Crippen molar-refractivity contribution in [3.63, 3.8) is 0 Å². The molecule has 0 saturated heterocycles. The lowest BCUT2D eigenvalue weighted by atomic mass is 10.2. The average Bonchev–Trinajstić information content (AvgIpc) is 2.92. The van der Waals surface area contributed by atoms with Gasteiger partial charge in [-0.05, 0) is 67.3 Å². The van der Waals surface area contributed by atoms with Crippen LogP contribution in [-0.2, 0) is 21.4 Å². The predicted octanol–water partition coefficient (Wildman–Crippen LogP) is 4.68. The van der Waals surface area contributed by atoms with Crippen LogP contribution in [0.25, 0.3) is 0 Å². The standard InChI is InChI=1S/C27H32N2O6S2/c1-6-35-24-10-8-7-9-23(24)29(37(31,32)22-14-12-21(36-5)13-15-22)19-27(30)28(2)18-20-11-16-25(33-3)26(17-20)34-4/h7-17H,6,18-19H2,1-5H3. The molecule has 0 bridgehead atoms. The zero-order valence-electron chi connectivity index (χ0n) is 21.6. The Morgan fingerprint density at radius 2 is 1.59 bits per heavy atom. The van der Waals surface area contributed by atoms with Gasteiger partial charge >= 0.3 is 0 Å². The Morgan fingerprint density at radius 1 is 0.919 bits per heavy atom. The number of ether oxygens (including phenoxy) is 3. The third kappa shape index (κ3) is 6.69. The van der Waals surface area contributed by atoms with E-state index in [1.54, 1.807) is 81.9 Å². The molecule has 0 saturated carbocycles. The Balaban J connectivity index is 1.94. The van der Waals surface area contributed by atoms with E-state index in [0.717, 1.165) is 14.8 Å². The number of carbonyl (C=O) groups excluding carboxylic acids is 1. The van der Waals surface area contributed by atoms with Crippen molar-refractivity contribution in [2.75, 3.05) is 45.0 Å². The molecule has 8 nitrogen and oxygen atoms in total. The van der Waals surface area contributed by atoms with Crippen LogP contribution >= 0.6 is 11.8 Å². The van der Waals surface area contributed by atoms with Crippen LogP contribution in [0, 0.1) is 0 Å². The number of para-hydroxylation sites is 2. The third-order valence-electron chi connectivity index (χ3n) is 5.65. The van der Waals surface area contributed by atoms with Gasteiger partial charge in [-0.15, -0.1) is 11.8 Å². The van der Waals surface area contributed by atoms with E-state index in [2.05, 4.69) is 0 Å². The monoisotopic (exact) mass is 544 g/mol. The number of rotatable bonds is 12. The maximum Gasteiger partial charge on any atom is 0.264 e. The molecule has 1 amide bonds. The molecule has 0 atom stereocenters. The van der Waals surface area contributed by atoms with Gasteiger partial charge in [0.15, 0.2) is 11.5 Å². The number of anilines is 1. The highest BCUT2D eigenvalue weighted by molar-refractivity contribution is 7.98. The summed E-state index contributed by atoms with van der Waals surface area (Å²) in [4.78, 5) is 15.9. The van der Waals surface area contributed by atoms with Gasteiger partial charge in [-0.1, -0.05) is 18.2 Å². The number of carbonyl (C=O) groups is 1. The number of nitrogens with zero attached hydrogens (tertiary/aromatic N) is 2. The molecular formula is C27H32N2O6S2. The largest absolute Gasteiger partial charge is 0.493 e. The molecular weight excluding hydrogens is 512 g/mol. The maximum absolute atomic E-state index is 13.8. The van der Waals surface area contributed by atoms with Gasteiger partial charge in [0.05, 0.1) is 31.4 Å². The zero-order chi connectivity index (χ0) is 27.0. The molecule has 37 heavy (non-hydrogen) atoms. The van der Waals surface area contributed by atoms with Crippen molar-refractivity contribution in [2.45, 2.75) is 23.3 Å². The lowest BCUT2D eigenvalue weighted by molar-refractivity contribution is -0.128. The van der Waals surface area contributed by atoms with Gasteiger partial charge in [-0.2, -0.15) is 0 Å². The Labute approximate surface area is 223 Å². The van der Waals surface area contributed by atoms with E-state index < -0.39 is 16.6 Å². The lowest BCUT2D eigenvalue weighted by Crippen LogP contribution is -2.41. The molecule has 3 rings (SSSR count). The van der Waals surface area contributed by atoms with E-state index >= 15 is 0 Å². The summed E-state index contributed by atoms with van der Waals surface area (Å²) in [6, 6.07) is 18.8. The smallest absolute Gasteiger partial charge is 0.264 e. The molecule has 0 aliphatic rings. The fraction of sp³-hybridized carbons (Fsp3) is 0.296. The first-order valence-corrected chi connectivity index (χ1v) is 14.2. The highest BCUT2D eigenvalue weighted by Gasteiger charge is 2.30. The number of likely N-dealkylation sites (N-methyl/N-ethyl adjacent to an activating group) is 1. The van der Waals surface area contributed by atoms with Crippen molar-refractivity contribution in [1.29, 1.82) is 0 Å². The minimum atomic E-state index is -4.08. The summed E-state index contributed by atoms with van der Waals surface area (Å²) in [6.45, 7) is 2.02. The van der Waals surface area contributed by atoms with Crippen molar-refractivity contribution in [3.8, 4) is 17.2 Å². The van der Waals surface area contributed by atoms with E-state index in [1.807, 2.05) is 19.2 Å². The van der Waals surface area contributed by atoms with Crippen molar-refractivity contribution in [2.24, 2.45) is 0 Å². The predicted molar refractivity (Wildman–Crippen MR) is 146 cm³/mol. The van der Waals surface area contributed by atoms with E-state index in [4.69, 9.17) is 14.2 Å². The Kier molecular flexibility index (Phi) is 9.71. The molecule has 0 N–H and O–H groups in total. The molecule has 0 aliphatic carbocycles. The number of thioether (sulfide) groups is 1. The Morgan fingerprint density at radius 3 is 2.22 bits per heavy atom. The SMILES string of the molecule is CCOc1ccccc1N(CC(=O)N(C)Cc1ccc(OC)c(OC)c1)S(=O)(=O)c1ccc(SC)cc1. The van der Waals surface area contributed by atoms with Crippen LogP contribution in [0.4, 0.5) is 5.69 Å². The van der Waals surface area contributed by atoms with E-state index in [-0.39, 0.29) is 17.3 Å². The number of amides is 1. The second kappa shape index (κ2) is 12.7. The number of sulfonamides is 1. The minimum Gasteiger partial charge on any atom is -0.493 e. The first-order valence-electron chi connectivity index (χ1n) is 11.6. The molecule has 0 radical (unpaired) electrons. The van der Waals surface area contributed by atoms with Gasteiger partial charge in [0.2, 0.25) is 5.91 Å². The molecule has 3 aromatic rings. The fourth-order valence-corrected chi connectivity index (χ4v) is 5.53. The highest BCUT2D eigenvalue weighted by atomic mass is 32.2. The summed E-state index contributed by atoms with van der Waals surface area (Å²) < 4.78 is 45.1. The number of hydrogen-bond donors (Lipinski definition) is 0.